The van der Waals surface area contributed by atoms with Crippen LogP contribution in [-0.4, -0.2) is 37.0 Å². The molecule has 0 aromatic rings. The van der Waals surface area contributed by atoms with Gasteiger partial charge in [-0.15, -0.1) is 0 Å². The molecule has 1 N–H and O–H groups in total. The molecule has 0 spiro atoms. The van der Waals surface area contributed by atoms with Gasteiger partial charge in [0, 0.05) is 13.0 Å². The molecule has 0 fully saturated rings. The maximum absolute atomic E-state index is 12.1. The molecule has 1 atom stereocenters. The van der Waals surface area contributed by atoms with Crippen LogP contribution in [0.5, 0.6) is 0 Å². The average molecular weight is 573 g/mol. The average Bonchev–Trinajstić information content (AvgIpc) is 2.98. The molecule has 0 amide bonds. The van der Waals surface area contributed by atoms with Gasteiger partial charge in [0.05, 0.1) is 13.2 Å². The van der Waals surface area contributed by atoms with E-state index in [0.717, 1.165) is 57.8 Å². The minimum absolute atomic E-state index is 0.194. The predicted octanol–water partition coefficient (Wildman–Crippen LogP) is 10.5. The largest absolute Gasteiger partial charge is 0.457 e. The molecule has 41 heavy (non-hydrogen) atoms. The third-order valence-electron chi connectivity index (χ3n) is 6.83. The second-order valence-corrected chi connectivity index (χ2v) is 10.8. The highest BCUT2D eigenvalue weighted by atomic mass is 16.6. The third kappa shape index (κ3) is 32.5. The molecule has 0 radical (unpaired) electrons. The van der Waals surface area contributed by atoms with Crippen LogP contribution in [0, 0.1) is 0 Å². The maximum Gasteiger partial charge on any atom is 0.306 e. The smallest absolute Gasteiger partial charge is 0.306 e. The van der Waals surface area contributed by atoms with Crippen molar-refractivity contribution in [2.24, 2.45) is 0 Å². The molecule has 236 valence electrons. The maximum atomic E-state index is 12.1. The molecular weight excluding hydrogens is 508 g/mol. The van der Waals surface area contributed by atoms with Gasteiger partial charge in [0.2, 0.25) is 0 Å². The standard InChI is InChI=1S/C37H64O4/c1-3-5-7-9-11-13-15-17-19-20-22-24-26-28-30-32-37(39)41-36(34-38)35-40-33-31-29-27-25-23-21-18-16-14-12-10-8-6-4-2/h5,7,11,13-14,16-17,19,22,24,36,38H,3-4,6,8-10,12,15,18,20-21,23,25-35H2,1-2H3/b7-5-,13-11-,16-14-,19-17-,24-22-. The number of aliphatic hydroxyl groups excluding tert-OH is 1. The summed E-state index contributed by atoms with van der Waals surface area (Å²) >= 11 is 0. The molecule has 4 heteroatoms. The zero-order valence-corrected chi connectivity index (χ0v) is 26.8. The number of esters is 1. The Kier molecular flexibility index (Phi) is 32.7. The molecule has 0 rings (SSSR count). The van der Waals surface area contributed by atoms with Crippen LogP contribution in [0.2, 0.25) is 0 Å². The van der Waals surface area contributed by atoms with Crippen molar-refractivity contribution in [3.8, 4) is 0 Å². The van der Waals surface area contributed by atoms with E-state index in [1.807, 2.05) is 0 Å². The van der Waals surface area contributed by atoms with Gasteiger partial charge in [0.15, 0.2) is 0 Å². The Balaban J connectivity index is 3.57. The number of hydrogen-bond acceptors (Lipinski definition) is 4. The first-order valence-corrected chi connectivity index (χ1v) is 16.9. The van der Waals surface area contributed by atoms with E-state index in [1.54, 1.807) is 0 Å². The third-order valence-corrected chi connectivity index (χ3v) is 6.83. The zero-order valence-electron chi connectivity index (χ0n) is 26.8. The van der Waals surface area contributed by atoms with Crippen LogP contribution in [0.1, 0.15) is 142 Å². The summed E-state index contributed by atoms with van der Waals surface area (Å²) in [6, 6.07) is 0. The van der Waals surface area contributed by atoms with Gasteiger partial charge in [-0.05, 0) is 77.0 Å². The summed E-state index contributed by atoms with van der Waals surface area (Å²) in [4.78, 5) is 12.1. The molecular formula is C37H64O4. The first kappa shape index (κ1) is 39.1. The Morgan fingerprint density at radius 3 is 1.68 bits per heavy atom. The van der Waals surface area contributed by atoms with Gasteiger partial charge in [0.25, 0.3) is 0 Å². The molecule has 0 heterocycles. The highest BCUT2D eigenvalue weighted by Gasteiger charge is 2.13. The number of ether oxygens (including phenoxy) is 2. The fourth-order valence-corrected chi connectivity index (χ4v) is 4.31. The summed E-state index contributed by atoms with van der Waals surface area (Å²) in [5, 5.41) is 9.52. The normalized spacial score (nSPS) is 13.1. The number of hydrogen-bond donors (Lipinski definition) is 1. The minimum atomic E-state index is -0.559. The van der Waals surface area contributed by atoms with Crippen molar-refractivity contribution < 1.29 is 19.4 Å². The van der Waals surface area contributed by atoms with E-state index < -0.39 is 6.10 Å². The summed E-state index contributed by atoms with van der Waals surface area (Å²) in [6.07, 6.45) is 43.9. The summed E-state index contributed by atoms with van der Waals surface area (Å²) < 4.78 is 11.0. The molecule has 1 unspecified atom stereocenters. The van der Waals surface area contributed by atoms with Crippen molar-refractivity contribution in [2.75, 3.05) is 19.8 Å². The molecule has 0 bridgehead atoms. The lowest BCUT2D eigenvalue weighted by Crippen LogP contribution is -2.27. The summed E-state index contributed by atoms with van der Waals surface area (Å²) in [5.41, 5.74) is 0. The molecule has 4 nitrogen and oxygen atoms in total. The quantitative estimate of drug-likeness (QED) is 0.0528. The van der Waals surface area contributed by atoms with E-state index in [1.165, 1.54) is 64.2 Å². The second-order valence-electron chi connectivity index (χ2n) is 10.8. The van der Waals surface area contributed by atoms with Gasteiger partial charge < -0.3 is 14.6 Å². The summed E-state index contributed by atoms with van der Waals surface area (Å²) in [5.74, 6) is -0.246. The molecule has 0 aliphatic heterocycles. The van der Waals surface area contributed by atoms with Crippen LogP contribution in [-0.2, 0) is 14.3 Å². The molecule has 0 saturated carbocycles. The Hall–Kier alpha value is -1.91. The number of aliphatic hydroxyl groups is 1. The van der Waals surface area contributed by atoms with Gasteiger partial charge >= 0.3 is 5.97 Å². The van der Waals surface area contributed by atoms with Crippen molar-refractivity contribution >= 4 is 5.97 Å². The highest BCUT2D eigenvalue weighted by molar-refractivity contribution is 5.69. The van der Waals surface area contributed by atoms with E-state index >= 15 is 0 Å². The van der Waals surface area contributed by atoms with Crippen molar-refractivity contribution in [3.05, 3.63) is 60.8 Å². The van der Waals surface area contributed by atoms with E-state index in [-0.39, 0.29) is 19.2 Å². The number of unbranched alkanes of at least 4 members (excludes halogenated alkanes) is 12. The Labute approximate surface area is 254 Å². The summed E-state index contributed by atoms with van der Waals surface area (Å²) in [6.45, 7) is 5.14. The number of carbonyl (C=O) groups is 1. The van der Waals surface area contributed by atoms with Crippen LogP contribution < -0.4 is 0 Å². The lowest BCUT2D eigenvalue weighted by molar-refractivity contribution is -0.154. The van der Waals surface area contributed by atoms with Gasteiger partial charge in [-0.2, -0.15) is 0 Å². The second kappa shape index (κ2) is 34.3. The molecule has 0 aliphatic carbocycles. The van der Waals surface area contributed by atoms with Crippen molar-refractivity contribution in [1.29, 1.82) is 0 Å². The molecule has 0 aliphatic rings. The van der Waals surface area contributed by atoms with Crippen LogP contribution in [0.4, 0.5) is 0 Å². The fourth-order valence-electron chi connectivity index (χ4n) is 4.31. The monoisotopic (exact) mass is 572 g/mol. The first-order valence-electron chi connectivity index (χ1n) is 16.9. The highest BCUT2D eigenvalue weighted by Crippen LogP contribution is 2.10. The van der Waals surface area contributed by atoms with E-state index in [9.17, 15) is 9.90 Å². The fraction of sp³-hybridized carbons (Fsp3) is 0.703. The number of carbonyl (C=O) groups excluding carboxylic acids is 1. The zero-order chi connectivity index (χ0) is 29.9. The number of allylic oxidation sites excluding steroid dienone is 10. The van der Waals surface area contributed by atoms with Gasteiger partial charge in [-0.1, -0.05) is 120 Å². The van der Waals surface area contributed by atoms with Crippen LogP contribution in [0.25, 0.3) is 0 Å². The molecule has 0 aromatic carbocycles. The minimum Gasteiger partial charge on any atom is -0.457 e. The lowest BCUT2D eigenvalue weighted by atomic mass is 10.1. The van der Waals surface area contributed by atoms with Gasteiger partial charge in [-0.25, -0.2) is 0 Å². The van der Waals surface area contributed by atoms with Crippen molar-refractivity contribution in [3.63, 3.8) is 0 Å². The van der Waals surface area contributed by atoms with Crippen LogP contribution in [0.15, 0.2) is 60.8 Å². The van der Waals surface area contributed by atoms with Crippen LogP contribution >= 0.6 is 0 Å². The summed E-state index contributed by atoms with van der Waals surface area (Å²) in [7, 11) is 0. The van der Waals surface area contributed by atoms with Gasteiger partial charge in [0.1, 0.15) is 6.10 Å². The Bertz CT molecular complexity index is 689. The van der Waals surface area contributed by atoms with Crippen LogP contribution in [0.3, 0.4) is 0 Å². The predicted molar refractivity (Wildman–Crippen MR) is 177 cm³/mol. The van der Waals surface area contributed by atoms with Crippen molar-refractivity contribution in [1.82, 2.24) is 0 Å². The topological polar surface area (TPSA) is 55.8 Å². The Morgan fingerprint density at radius 2 is 1.10 bits per heavy atom. The Morgan fingerprint density at radius 1 is 0.610 bits per heavy atom. The molecule has 0 aromatic heterocycles. The van der Waals surface area contributed by atoms with Gasteiger partial charge in [-0.3, -0.25) is 4.79 Å². The SMILES string of the molecule is CC/C=C\C/C=C\C/C=C\C/C=C\CCCCC(=O)OC(CO)COCCCCCCCC/C=C\CCCCCC. The van der Waals surface area contributed by atoms with E-state index in [4.69, 9.17) is 9.47 Å². The first-order chi connectivity index (χ1) is 20.2. The molecule has 0 saturated heterocycles. The lowest BCUT2D eigenvalue weighted by Gasteiger charge is -2.15. The van der Waals surface area contributed by atoms with Crippen molar-refractivity contribution in [2.45, 2.75) is 148 Å². The van der Waals surface area contributed by atoms with E-state index in [2.05, 4.69) is 74.6 Å². The van der Waals surface area contributed by atoms with E-state index in [0.29, 0.717) is 13.0 Å². The number of rotatable bonds is 30.